The van der Waals surface area contributed by atoms with Crippen molar-refractivity contribution in [3.05, 3.63) is 27.4 Å². The number of halogens is 1. The van der Waals surface area contributed by atoms with E-state index >= 15 is 4.39 Å². The van der Waals surface area contributed by atoms with Crippen LogP contribution in [0.4, 0.5) is 4.39 Å². The molecule has 0 radical (unpaired) electrons. The first-order valence-corrected chi connectivity index (χ1v) is 23.0. The van der Waals surface area contributed by atoms with Gasteiger partial charge in [0.05, 0.1) is 6.61 Å². The second-order valence-corrected chi connectivity index (χ2v) is 30.2. The van der Waals surface area contributed by atoms with Crippen molar-refractivity contribution in [2.75, 3.05) is 6.61 Å². The fourth-order valence-corrected chi connectivity index (χ4v) is 7.30. The van der Waals surface area contributed by atoms with E-state index in [1.54, 1.807) is 4.57 Å². The number of ether oxygens (including phenoxy) is 1. The summed E-state index contributed by atoms with van der Waals surface area (Å²) in [5.41, 5.74) is -0.335. The van der Waals surface area contributed by atoms with Gasteiger partial charge in [-0.2, -0.15) is 0 Å². The Balaban J connectivity index is 2.74. The van der Waals surface area contributed by atoms with Gasteiger partial charge >= 0.3 is 0 Å². The number of hydrogen-bond acceptors (Lipinski definition) is 6. The van der Waals surface area contributed by atoms with Crippen LogP contribution in [0, 0.1) is 4.77 Å². The van der Waals surface area contributed by atoms with Crippen LogP contribution in [-0.2, 0) is 18.0 Å². The average Bonchev–Trinajstić information content (AvgIpc) is 2.95. The summed E-state index contributed by atoms with van der Waals surface area (Å²) < 4.78 is 45.7. The number of nitrogens with zero attached hydrogens (tertiary/aromatic N) is 1. The van der Waals surface area contributed by atoms with Gasteiger partial charge in [-0.15, -0.1) is 0 Å². The van der Waals surface area contributed by atoms with Gasteiger partial charge in [-0.3, -0.25) is 14.3 Å². The van der Waals surface area contributed by atoms with Gasteiger partial charge in [-0.25, -0.2) is 4.39 Å². The van der Waals surface area contributed by atoms with Crippen LogP contribution in [0.2, 0.25) is 54.4 Å². The highest BCUT2D eigenvalue weighted by Crippen LogP contribution is 2.50. The first kappa shape index (κ1) is 34.7. The molecule has 12 heteroatoms. The van der Waals surface area contributed by atoms with E-state index in [-0.39, 0.29) is 32.1 Å². The third-order valence-corrected chi connectivity index (χ3v) is 23.1. The van der Waals surface area contributed by atoms with Gasteiger partial charge in [0.1, 0.15) is 12.2 Å². The second-order valence-electron chi connectivity index (χ2n) is 15.5. The van der Waals surface area contributed by atoms with E-state index in [1.807, 2.05) is 0 Å². The molecule has 0 spiro atoms. The molecule has 0 amide bonds. The number of aromatic nitrogens is 2. The maximum Gasteiger partial charge on any atom is 0.261 e. The largest absolute Gasteiger partial charge is 0.411 e. The Morgan fingerprint density at radius 2 is 1.38 bits per heavy atom. The summed E-state index contributed by atoms with van der Waals surface area (Å²) in [5.74, 6) is -2.30. The van der Waals surface area contributed by atoms with E-state index < -0.39 is 49.2 Å². The number of nitrogens with one attached hydrogen (secondary N) is 1. The number of alkyl halides is 1. The monoisotopic (exact) mass is 620 g/mol. The molecule has 226 valence electrons. The number of hydrogen-bond donors (Lipinski definition) is 1. The predicted molar refractivity (Wildman–Crippen MR) is 167 cm³/mol. The van der Waals surface area contributed by atoms with Gasteiger partial charge in [0.25, 0.3) is 11.4 Å². The number of H-pyrrole nitrogens is 1. The van der Waals surface area contributed by atoms with Crippen molar-refractivity contribution in [3.63, 3.8) is 0 Å². The SMILES string of the molecule is CC(C)(C)[Si](C)(C)OC[C@@]1(F)O[C@@H](n2ccc(=O)[nH]c2=S)C(O[Si](C)(C)C(C)(C)C)C1O[Si](C)(C)C(C)(C)C. The highest BCUT2D eigenvalue weighted by molar-refractivity contribution is 7.71. The van der Waals surface area contributed by atoms with E-state index in [1.165, 1.54) is 12.3 Å². The molecular weight excluding hydrogens is 568 g/mol. The zero-order valence-corrected chi connectivity index (χ0v) is 30.7. The predicted octanol–water partition coefficient (Wildman–Crippen LogP) is 7.90. The van der Waals surface area contributed by atoms with Crippen molar-refractivity contribution in [1.82, 2.24) is 9.55 Å². The zero-order chi connectivity index (χ0) is 30.6. The lowest BCUT2D eigenvalue weighted by Gasteiger charge is -2.45. The molecule has 1 aliphatic rings. The summed E-state index contributed by atoms with van der Waals surface area (Å²) in [6.45, 7) is 31.5. The van der Waals surface area contributed by atoms with Crippen LogP contribution in [0.3, 0.4) is 0 Å². The lowest BCUT2D eigenvalue weighted by atomic mass is 10.1. The minimum Gasteiger partial charge on any atom is -0.411 e. The van der Waals surface area contributed by atoms with Crippen LogP contribution >= 0.6 is 12.2 Å². The van der Waals surface area contributed by atoms with E-state index in [0.717, 1.165) is 0 Å². The van der Waals surface area contributed by atoms with Gasteiger partial charge in [-0.05, 0) is 66.6 Å². The number of aromatic amines is 1. The Labute approximate surface area is 243 Å². The third-order valence-electron chi connectivity index (χ3n) is 9.35. The van der Waals surface area contributed by atoms with Gasteiger partial charge in [0.2, 0.25) is 0 Å². The molecule has 1 fully saturated rings. The standard InChI is InChI=1S/C27H53FN2O5SSi3/c1-24(2,3)37(10,11)32-18-27(28)21(35-39(14,15)26(7,8)9)20(34-38(12,13)25(4,5)6)22(33-27)30-17-16-19(31)29-23(30)36/h16-17,20-22H,18H2,1-15H3,(H,29,31,36)/t20?,21?,22-,27-/m1/s1. The van der Waals surface area contributed by atoms with E-state index in [0.29, 0.717) is 0 Å². The molecule has 0 bridgehead atoms. The van der Waals surface area contributed by atoms with Crippen LogP contribution in [0.15, 0.2) is 17.1 Å². The molecule has 1 saturated heterocycles. The minimum absolute atomic E-state index is 0.115. The zero-order valence-electron chi connectivity index (χ0n) is 26.9. The van der Waals surface area contributed by atoms with Gasteiger partial charge < -0.3 is 18.0 Å². The van der Waals surface area contributed by atoms with Crippen molar-refractivity contribution in [3.8, 4) is 0 Å². The molecule has 1 aromatic rings. The molecule has 1 aliphatic heterocycles. The molecule has 1 N–H and O–H groups in total. The molecule has 0 aromatic carbocycles. The minimum atomic E-state index is -2.51. The van der Waals surface area contributed by atoms with E-state index in [9.17, 15) is 4.79 Å². The first-order chi connectivity index (χ1) is 17.2. The quantitative estimate of drug-likeness (QED) is 0.235. The summed E-state index contributed by atoms with van der Waals surface area (Å²) in [5, 5.41) is -0.442. The summed E-state index contributed by atoms with van der Waals surface area (Å²) in [6.07, 6.45) is -1.29. The van der Waals surface area contributed by atoms with Crippen LogP contribution in [-0.4, -0.2) is 59.2 Å². The van der Waals surface area contributed by atoms with Gasteiger partial charge in [0, 0.05) is 12.3 Å². The molecule has 2 rings (SSSR count). The Kier molecular flexibility index (Phi) is 9.77. The molecule has 2 unspecified atom stereocenters. The lowest BCUT2D eigenvalue weighted by Crippen LogP contribution is -2.57. The normalized spacial score (nSPS) is 25.8. The highest BCUT2D eigenvalue weighted by Gasteiger charge is 2.63. The van der Waals surface area contributed by atoms with Crippen molar-refractivity contribution in [2.24, 2.45) is 0 Å². The molecule has 4 atom stereocenters. The summed E-state index contributed by atoms with van der Waals surface area (Å²) >= 11 is 5.50. The van der Waals surface area contributed by atoms with Gasteiger partial charge in [-0.1, -0.05) is 62.3 Å². The Morgan fingerprint density at radius 1 is 0.923 bits per heavy atom. The second kappa shape index (κ2) is 11.0. The first-order valence-electron chi connectivity index (χ1n) is 13.8. The fourth-order valence-electron chi connectivity index (χ4n) is 3.47. The highest BCUT2D eigenvalue weighted by atomic mass is 32.1. The summed E-state index contributed by atoms with van der Waals surface area (Å²) in [4.78, 5) is 14.6. The maximum absolute atomic E-state index is 17.5. The topological polar surface area (TPSA) is 74.7 Å². The fraction of sp³-hybridized carbons (Fsp3) is 0.852. The van der Waals surface area contributed by atoms with Crippen molar-refractivity contribution < 1.29 is 22.4 Å². The van der Waals surface area contributed by atoms with Crippen molar-refractivity contribution in [1.29, 1.82) is 0 Å². The molecule has 1 aromatic heterocycles. The van der Waals surface area contributed by atoms with Gasteiger partial charge in [0.15, 0.2) is 36.0 Å². The Hall–Kier alpha value is -0.479. The molecule has 7 nitrogen and oxygen atoms in total. The molecule has 39 heavy (non-hydrogen) atoms. The number of rotatable bonds is 8. The van der Waals surface area contributed by atoms with Crippen LogP contribution in [0.5, 0.6) is 0 Å². The average molecular weight is 621 g/mol. The molecular formula is C27H53FN2O5SSi3. The molecule has 0 aliphatic carbocycles. The van der Waals surface area contributed by atoms with Crippen molar-refractivity contribution in [2.45, 2.75) is 141 Å². The van der Waals surface area contributed by atoms with Crippen molar-refractivity contribution >= 4 is 37.2 Å². The van der Waals surface area contributed by atoms with E-state index in [4.69, 9.17) is 30.2 Å². The van der Waals surface area contributed by atoms with Crippen LogP contribution < -0.4 is 5.56 Å². The molecule has 2 heterocycles. The third kappa shape index (κ3) is 7.49. The van der Waals surface area contributed by atoms with Crippen LogP contribution in [0.25, 0.3) is 0 Å². The van der Waals surface area contributed by atoms with Crippen LogP contribution in [0.1, 0.15) is 68.5 Å². The maximum atomic E-state index is 17.5. The lowest BCUT2D eigenvalue weighted by molar-refractivity contribution is -0.201. The van der Waals surface area contributed by atoms with E-state index in [2.05, 4.69) is 107 Å². The summed E-state index contributed by atoms with van der Waals surface area (Å²) in [7, 11) is -7.29. The Morgan fingerprint density at radius 3 is 1.82 bits per heavy atom. The molecule has 0 saturated carbocycles. The Bertz CT molecular complexity index is 1130. The summed E-state index contributed by atoms with van der Waals surface area (Å²) in [6, 6.07) is 1.36. The smallest absolute Gasteiger partial charge is 0.261 e.